The van der Waals surface area contributed by atoms with Crippen molar-refractivity contribution in [2.75, 3.05) is 42.6 Å². The van der Waals surface area contributed by atoms with E-state index in [0.29, 0.717) is 44.1 Å². The number of nitrogens with two attached hydrogens (primary N) is 1. The van der Waals surface area contributed by atoms with E-state index in [4.69, 9.17) is 5.73 Å². The first-order chi connectivity index (χ1) is 11.6. The normalized spacial score (nSPS) is 20.5. The molecule has 7 heteroatoms. The summed E-state index contributed by atoms with van der Waals surface area (Å²) in [5.41, 5.74) is 7.46. The first kappa shape index (κ1) is 17.4. The van der Waals surface area contributed by atoms with Gasteiger partial charge in [-0.1, -0.05) is 6.07 Å². The highest BCUT2D eigenvalue weighted by atomic mass is 32.2. The topological polar surface area (TPSA) is 65.1 Å². The average Bonchev–Trinajstić information content (AvgIpc) is 2.61. The van der Waals surface area contributed by atoms with Gasteiger partial charge in [-0.05, 0) is 30.5 Å². The van der Waals surface area contributed by atoms with Gasteiger partial charge < -0.3 is 20.6 Å². The maximum absolute atomic E-state index is 14.4. The van der Waals surface area contributed by atoms with Gasteiger partial charge in [-0.3, -0.25) is 0 Å². The Labute approximate surface area is 146 Å². The second kappa shape index (κ2) is 8.07. The number of anilines is 1. The number of aliphatic hydroxyl groups excluding tert-OH is 1. The van der Waals surface area contributed by atoms with Crippen LogP contribution in [-0.2, 0) is 6.54 Å². The minimum Gasteiger partial charge on any atom is -0.393 e. The van der Waals surface area contributed by atoms with Crippen LogP contribution < -0.4 is 10.6 Å². The van der Waals surface area contributed by atoms with Crippen molar-refractivity contribution in [3.05, 3.63) is 29.6 Å². The van der Waals surface area contributed by atoms with Crippen LogP contribution >= 0.6 is 11.8 Å². The predicted molar refractivity (Wildman–Crippen MR) is 98.1 cm³/mol. The van der Waals surface area contributed by atoms with Gasteiger partial charge in [0.2, 0.25) is 0 Å². The Morgan fingerprint density at radius 3 is 2.62 bits per heavy atom. The molecule has 0 radical (unpaired) electrons. The van der Waals surface area contributed by atoms with E-state index in [-0.39, 0.29) is 11.9 Å². The Kier molecular flexibility index (Phi) is 5.84. The third-order valence-electron chi connectivity index (χ3n) is 4.58. The number of halogens is 1. The molecule has 0 amide bonds. The molecule has 2 aliphatic heterocycles. The number of guanidine groups is 1. The number of piperidine rings is 1. The molecule has 3 rings (SSSR count). The first-order valence-electron chi connectivity index (χ1n) is 8.47. The molecule has 0 bridgehead atoms. The van der Waals surface area contributed by atoms with E-state index in [2.05, 4.69) is 9.89 Å². The van der Waals surface area contributed by atoms with E-state index in [1.54, 1.807) is 6.07 Å². The lowest BCUT2D eigenvalue weighted by atomic mass is 10.1. The fraction of sp³-hybridized carbons (Fsp3) is 0.588. The third kappa shape index (κ3) is 4.33. The summed E-state index contributed by atoms with van der Waals surface area (Å²) in [6.07, 6.45) is 1.13. The molecule has 0 atom stereocenters. The molecule has 0 spiro atoms. The Hall–Kier alpha value is -1.47. The maximum Gasteiger partial charge on any atom is 0.191 e. The fourth-order valence-corrected chi connectivity index (χ4v) is 3.98. The minimum atomic E-state index is -0.255. The third-order valence-corrected chi connectivity index (χ3v) is 5.52. The van der Waals surface area contributed by atoms with E-state index < -0.39 is 0 Å². The molecular weight excluding hydrogens is 327 g/mol. The van der Waals surface area contributed by atoms with Crippen LogP contribution in [-0.4, -0.2) is 59.8 Å². The molecular formula is C17H25FN4OS. The lowest BCUT2D eigenvalue weighted by molar-refractivity contribution is 0.145. The highest BCUT2D eigenvalue weighted by Crippen LogP contribution is 2.24. The largest absolute Gasteiger partial charge is 0.393 e. The van der Waals surface area contributed by atoms with Crippen molar-refractivity contribution in [2.24, 2.45) is 10.7 Å². The van der Waals surface area contributed by atoms with Crippen LogP contribution in [0, 0.1) is 5.82 Å². The van der Waals surface area contributed by atoms with Crippen LogP contribution in [0.4, 0.5) is 10.1 Å². The highest BCUT2D eigenvalue weighted by molar-refractivity contribution is 7.99. The monoisotopic (exact) mass is 352 g/mol. The quantitative estimate of drug-likeness (QED) is 0.640. The summed E-state index contributed by atoms with van der Waals surface area (Å²) < 4.78 is 14.4. The average molecular weight is 352 g/mol. The standard InChI is InChI=1S/C17H25FN4OS/c18-15-11-13(12-20-17(19)22-7-9-24-10-8-22)1-2-16(15)21-5-3-14(23)4-6-21/h1-2,11,14,23H,3-10,12H2,(H2,19,20). The summed E-state index contributed by atoms with van der Waals surface area (Å²) in [4.78, 5) is 8.49. The molecule has 24 heavy (non-hydrogen) atoms. The minimum absolute atomic E-state index is 0.230. The summed E-state index contributed by atoms with van der Waals surface area (Å²) >= 11 is 1.93. The molecule has 1 aromatic rings. The van der Waals surface area contributed by atoms with E-state index in [9.17, 15) is 9.50 Å². The molecule has 0 saturated carbocycles. The van der Waals surface area contributed by atoms with Gasteiger partial charge in [0.15, 0.2) is 5.96 Å². The number of thioether (sulfide) groups is 1. The summed E-state index contributed by atoms with van der Waals surface area (Å²) in [7, 11) is 0. The van der Waals surface area contributed by atoms with Gasteiger partial charge in [-0.15, -0.1) is 0 Å². The second-order valence-electron chi connectivity index (χ2n) is 6.28. The highest BCUT2D eigenvalue weighted by Gasteiger charge is 2.19. The summed E-state index contributed by atoms with van der Waals surface area (Å²) in [5, 5.41) is 9.56. The van der Waals surface area contributed by atoms with Crippen molar-refractivity contribution < 1.29 is 9.50 Å². The van der Waals surface area contributed by atoms with Crippen molar-refractivity contribution in [2.45, 2.75) is 25.5 Å². The molecule has 3 N–H and O–H groups in total. The van der Waals surface area contributed by atoms with Gasteiger partial charge in [0, 0.05) is 37.7 Å². The summed E-state index contributed by atoms with van der Waals surface area (Å²) in [6.45, 7) is 3.62. The maximum atomic E-state index is 14.4. The lowest BCUT2D eigenvalue weighted by Gasteiger charge is -2.31. The van der Waals surface area contributed by atoms with Crippen LogP contribution in [0.15, 0.2) is 23.2 Å². The van der Waals surface area contributed by atoms with Gasteiger partial charge in [0.05, 0.1) is 18.3 Å². The SMILES string of the molecule is NC(=NCc1ccc(N2CCC(O)CC2)c(F)c1)N1CCSCC1. The van der Waals surface area contributed by atoms with Crippen LogP contribution in [0.25, 0.3) is 0 Å². The van der Waals surface area contributed by atoms with E-state index in [0.717, 1.165) is 30.2 Å². The predicted octanol–water partition coefficient (Wildman–Crippen LogP) is 1.65. The molecule has 0 unspecified atom stereocenters. The Bertz CT molecular complexity index is 584. The Morgan fingerprint density at radius 1 is 1.25 bits per heavy atom. The molecule has 2 fully saturated rings. The summed E-state index contributed by atoms with van der Waals surface area (Å²) in [6, 6.07) is 5.26. The fourth-order valence-electron chi connectivity index (χ4n) is 3.08. The zero-order valence-corrected chi connectivity index (χ0v) is 14.6. The molecule has 5 nitrogen and oxygen atoms in total. The number of hydrogen-bond acceptors (Lipinski definition) is 4. The zero-order valence-electron chi connectivity index (χ0n) is 13.8. The van der Waals surface area contributed by atoms with E-state index >= 15 is 0 Å². The number of nitrogens with zero attached hydrogens (tertiary/aromatic N) is 3. The van der Waals surface area contributed by atoms with E-state index in [1.165, 1.54) is 0 Å². The summed E-state index contributed by atoms with van der Waals surface area (Å²) in [5.74, 6) is 2.46. The van der Waals surface area contributed by atoms with Gasteiger partial charge in [0.25, 0.3) is 0 Å². The number of benzene rings is 1. The van der Waals surface area contributed by atoms with Crippen molar-refractivity contribution in [1.29, 1.82) is 0 Å². The first-order valence-corrected chi connectivity index (χ1v) is 9.63. The lowest BCUT2D eigenvalue weighted by Crippen LogP contribution is -2.42. The molecule has 2 heterocycles. The number of aliphatic imine (C=N–C) groups is 1. The van der Waals surface area contributed by atoms with Crippen LogP contribution in [0.3, 0.4) is 0 Å². The Balaban J connectivity index is 1.62. The van der Waals surface area contributed by atoms with Crippen molar-refractivity contribution in [3.8, 4) is 0 Å². The Morgan fingerprint density at radius 2 is 1.96 bits per heavy atom. The molecule has 0 aliphatic carbocycles. The van der Waals surface area contributed by atoms with Gasteiger partial charge >= 0.3 is 0 Å². The van der Waals surface area contributed by atoms with Crippen molar-refractivity contribution in [1.82, 2.24) is 4.90 Å². The molecule has 2 aliphatic rings. The van der Waals surface area contributed by atoms with Crippen LogP contribution in [0.2, 0.25) is 0 Å². The van der Waals surface area contributed by atoms with Gasteiger partial charge in [-0.2, -0.15) is 11.8 Å². The van der Waals surface area contributed by atoms with Crippen LogP contribution in [0.1, 0.15) is 18.4 Å². The molecule has 2 saturated heterocycles. The smallest absolute Gasteiger partial charge is 0.191 e. The second-order valence-corrected chi connectivity index (χ2v) is 7.50. The molecule has 1 aromatic carbocycles. The molecule has 132 valence electrons. The molecule has 0 aromatic heterocycles. The number of aliphatic hydroxyl groups is 1. The van der Waals surface area contributed by atoms with Gasteiger partial charge in [0.1, 0.15) is 5.82 Å². The van der Waals surface area contributed by atoms with Crippen LogP contribution in [0.5, 0.6) is 0 Å². The van der Waals surface area contributed by atoms with Crippen molar-refractivity contribution in [3.63, 3.8) is 0 Å². The van der Waals surface area contributed by atoms with E-state index in [1.807, 2.05) is 28.8 Å². The zero-order chi connectivity index (χ0) is 16.9. The van der Waals surface area contributed by atoms with Crippen molar-refractivity contribution >= 4 is 23.4 Å². The number of hydrogen-bond donors (Lipinski definition) is 2. The number of rotatable bonds is 3. The van der Waals surface area contributed by atoms with Gasteiger partial charge in [-0.25, -0.2) is 9.38 Å².